The van der Waals surface area contributed by atoms with Crippen molar-refractivity contribution in [2.24, 2.45) is 0 Å². The highest BCUT2D eigenvalue weighted by molar-refractivity contribution is 7.89. The van der Waals surface area contributed by atoms with Crippen molar-refractivity contribution in [2.45, 2.75) is 25.3 Å². The van der Waals surface area contributed by atoms with Crippen molar-refractivity contribution in [1.29, 1.82) is 0 Å². The Kier molecular flexibility index (Phi) is 7.98. The van der Waals surface area contributed by atoms with Crippen molar-refractivity contribution in [3.8, 4) is 11.5 Å². The average molecular weight is 484 g/mol. The normalized spacial score (nSPS) is 11.3. The number of carbonyl (C=O) groups excluding carboxylic acids is 1. The van der Waals surface area contributed by atoms with Gasteiger partial charge < -0.3 is 10.1 Å². The zero-order valence-corrected chi connectivity index (χ0v) is 19.6. The first-order valence-electron chi connectivity index (χ1n) is 10.6. The van der Waals surface area contributed by atoms with E-state index >= 15 is 0 Å². The zero-order chi connectivity index (χ0) is 24.7. The van der Waals surface area contributed by atoms with Crippen molar-refractivity contribution < 1.29 is 22.9 Å². The van der Waals surface area contributed by atoms with Crippen molar-refractivity contribution in [1.82, 2.24) is 9.62 Å². The molecule has 3 aromatic rings. The van der Waals surface area contributed by atoms with Crippen LogP contribution in [0.15, 0.2) is 77.7 Å². The zero-order valence-electron chi connectivity index (χ0n) is 18.8. The van der Waals surface area contributed by atoms with Gasteiger partial charge in [-0.15, -0.1) is 0 Å². The second kappa shape index (κ2) is 10.9. The summed E-state index contributed by atoms with van der Waals surface area (Å²) in [4.78, 5) is 23.3. The number of ether oxygens (including phenoxy) is 1. The van der Waals surface area contributed by atoms with Crippen LogP contribution in [-0.4, -0.2) is 36.6 Å². The highest BCUT2D eigenvalue weighted by Gasteiger charge is 2.26. The van der Waals surface area contributed by atoms with Crippen LogP contribution in [-0.2, 0) is 16.6 Å². The van der Waals surface area contributed by atoms with E-state index in [1.165, 1.54) is 22.5 Å². The third kappa shape index (κ3) is 5.77. The van der Waals surface area contributed by atoms with Crippen LogP contribution < -0.4 is 10.1 Å². The van der Waals surface area contributed by atoms with E-state index in [0.717, 1.165) is 11.6 Å². The first-order valence-corrected chi connectivity index (χ1v) is 12.1. The molecule has 0 aliphatic rings. The first kappa shape index (κ1) is 24.9. The molecule has 0 aliphatic heterocycles. The van der Waals surface area contributed by atoms with Crippen LogP contribution in [0, 0.1) is 10.1 Å². The number of amides is 1. The molecule has 9 nitrogen and oxygen atoms in total. The van der Waals surface area contributed by atoms with Crippen LogP contribution in [0.4, 0.5) is 5.69 Å². The lowest BCUT2D eigenvalue weighted by atomic mass is 10.2. The van der Waals surface area contributed by atoms with E-state index in [1.807, 2.05) is 30.3 Å². The summed E-state index contributed by atoms with van der Waals surface area (Å²) < 4.78 is 32.4. The molecule has 34 heavy (non-hydrogen) atoms. The summed E-state index contributed by atoms with van der Waals surface area (Å²) in [6.45, 7) is 4.21. The van der Waals surface area contributed by atoms with Gasteiger partial charge in [0.15, 0.2) is 0 Å². The number of carbonyl (C=O) groups is 1. The van der Waals surface area contributed by atoms with Gasteiger partial charge in [0.25, 0.3) is 5.91 Å². The molecule has 0 unspecified atom stereocenters. The van der Waals surface area contributed by atoms with Gasteiger partial charge in [-0.05, 0) is 35.9 Å². The molecule has 0 aliphatic carbocycles. The van der Waals surface area contributed by atoms with E-state index in [9.17, 15) is 23.3 Å². The molecule has 3 rings (SSSR count). The van der Waals surface area contributed by atoms with Gasteiger partial charge in [0.1, 0.15) is 5.75 Å². The van der Waals surface area contributed by atoms with Crippen LogP contribution in [0.25, 0.3) is 0 Å². The number of nitrogens with one attached hydrogen (secondary N) is 1. The number of rotatable bonds is 10. The van der Waals surface area contributed by atoms with Crippen LogP contribution in [0.3, 0.4) is 0 Å². The van der Waals surface area contributed by atoms with Gasteiger partial charge in [0.2, 0.25) is 15.8 Å². The number of nitro groups is 1. The Morgan fingerprint density at radius 3 is 2.35 bits per heavy atom. The second-order valence-corrected chi connectivity index (χ2v) is 9.21. The minimum atomic E-state index is -3.87. The Hall–Kier alpha value is -3.76. The third-order valence-corrected chi connectivity index (χ3v) is 7.14. The van der Waals surface area contributed by atoms with Gasteiger partial charge in [0, 0.05) is 31.3 Å². The molecule has 0 atom stereocenters. The summed E-state index contributed by atoms with van der Waals surface area (Å²) in [5, 5.41) is 14.5. The Morgan fingerprint density at radius 2 is 1.71 bits per heavy atom. The van der Waals surface area contributed by atoms with Gasteiger partial charge in [-0.25, -0.2) is 8.42 Å². The van der Waals surface area contributed by atoms with E-state index in [1.54, 1.807) is 32.0 Å². The molecule has 0 spiro atoms. The van der Waals surface area contributed by atoms with Gasteiger partial charge >= 0.3 is 5.69 Å². The fourth-order valence-electron chi connectivity index (χ4n) is 3.31. The van der Waals surface area contributed by atoms with Crippen molar-refractivity contribution in [3.05, 3.63) is 94.0 Å². The maximum Gasteiger partial charge on any atom is 0.312 e. The Balaban J connectivity index is 1.82. The van der Waals surface area contributed by atoms with Crippen LogP contribution in [0.5, 0.6) is 11.5 Å². The topological polar surface area (TPSA) is 119 Å². The molecular weight excluding hydrogens is 458 g/mol. The molecule has 0 aromatic heterocycles. The third-order valence-electron chi connectivity index (χ3n) is 5.09. The lowest BCUT2D eigenvalue weighted by Crippen LogP contribution is -2.30. The molecule has 0 saturated carbocycles. The summed E-state index contributed by atoms with van der Waals surface area (Å²) in [6.07, 6.45) is 0. The average Bonchev–Trinajstić information content (AvgIpc) is 2.84. The number of hydrogen-bond donors (Lipinski definition) is 1. The largest absolute Gasteiger partial charge is 0.450 e. The van der Waals surface area contributed by atoms with Crippen LogP contribution in [0.2, 0.25) is 0 Å². The fraction of sp³-hybridized carbons (Fsp3) is 0.208. The number of nitro benzene ring substituents is 1. The summed E-state index contributed by atoms with van der Waals surface area (Å²) in [6, 6.07) is 19.1. The number of sulfonamides is 1. The minimum Gasteiger partial charge on any atom is -0.450 e. The Labute approximate surface area is 198 Å². The molecule has 1 N–H and O–H groups in total. The monoisotopic (exact) mass is 483 g/mol. The van der Waals surface area contributed by atoms with Crippen molar-refractivity contribution >= 4 is 21.6 Å². The smallest absolute Gasteiger partial charge is 0.312 e. The van der Waals surface area contributed by atoms with Gasteiger partial charge in [0.05, 0.1) is 9.82 Å². The van der Waals surface area contributed by atoms with Crippen molar-refractivity contribution in [3.63, 3.8) is 0 Å². The minimum absolute atomic E-state index is 0.134. The Morgan fingerprint density at radius 1 is 1.00 bits per heavy atom. The number of hydrogen-bond acceptors (Lipinski definition) is 6. The maximum absolute atomic E-state index is 12.7. The molecule has 10 heteroatoms. The van der Waals surface area contributed by atoms with E-state index < -0.39 is 20.6 Å². The SMILES string of the molecule is CCN(CC)S(=O)(=O)c1ccc(Oc2cccc(C(=O)NCc3ccccc3)c2)c([N+](=O)[O-])c1. The highest BCUT2D eigenvalue weighted by Crippen LogP contribution is 2.34. The van der Waals surface area contributed by atoms with Gasteiger partial charge in [-0.1, -0.05) is 50.2 Å². The van der Waals surface area contributed by atoms with Gasteiger partial charge in [-0.2, -0.15) is 4.31 Å². The molecule has 0 radical (unpaired) electrons. The summed E-state index contributed by atoms with van der Waals surface area (Å²) in [5.74, 6) is -0.260. The first-order chi connectivity index (χ1) is 16.3. The van der Waals surface area contributed by atoms with E-state index in [0.29, 0.717) is 12.1 Å². The molecule has 3 aromatic carbocycles. The molecule has 0 heterocycles. The summed E-state index contributed by atoms with van der Waals surface area (Å²) >= 11 is 0. The highest BCUT2D eigenvalue weighted by atomic mass is 32.2. The molecule has 0 saturated heterocycles. The van der Waals surface area contributed by atoms with E-state index in [4.69, 9.17) is 4.74 Å². The predicted molar refractivity (Wildman–Crippen MR) is 127 cm³/mol. The van der Waals surface area contributed by atoms with Crippen molar-refractivity contribution in [2.75, 3.05) is 13.1 Å². The van der Waals surface area contributed by atoms with Crippen LogP contribution >= 0.6 is 0 Å². The fourth-order valence-corrected chi connectivity index (χ4v) is 4.79. The maximum atomic E-state index is 12.7. The summed E-state index contributed by atoms with van der Waals surface area (Å²) in [7, 11) is -3.87. The molecule has 1 amide bonds. The second-order valence-electron chi connectivity index (χ2n) is 7.27. The lowest BCUT2D eigenvalue weighted by molar-refractivity contribution is -0.385. The predicted octanol–water partition coefficient (Wildman–Crippen LogP) is 4.35. The molecule has 0 fully saturated rings. The summed E-state index contributed by atoms with van der Waals surface area (Å²) in [5.41, 5.74) is 0.766. The standard InChI is InChI=1S/C24H25N3O6S/c1-3-26(4-2)34(31,32)21-13-14-23(22(16-21)27(29)30)33-20-12-8-11-19(15-20)24(28)25-17-18-9-6-5-7-10-18/h5-16H,3-4,17H2,1-2H3,(H,25,28). The van der Waals surface area contributed by atoms with E-state index in [-0.39, 0.29) is 35.4 Å². The molecular formula is C24H25N3O6S. The van der Waals surface area contributed by atoms with E-state index in [2.05, 4.69) is 5.32 Å². The van der Waals surface area contributed by atoms with Crippen LogP contribution in [0.1, 0.15) is 29.8 Å². The Bertz CT molecular complexity index is 1270. The molecule has 178 valence electrons. The van der Waals surface area contributed by atoms with Gasteiger partial charge in [-0.3, -0.25) is 14.9 Å². The lowest BCUT2D eigenvalue weighted by Gasteiger charge is -2.18. The quantitative estimate of drug-likeness (QED) is 0.338. The number of benzene rings is 3. The number of nitrogens with zero attached hydrogens (tertiary/aromatic N) is 2. The molecule has 0 bridgehead atoms.